The van der Waals surface area contributed by atoms with E-state index >= 15 is 0 Å². The van der Waals surface area contributed by atoms with Crippen molar-refractivity contribution in [2.45, 2.75) is 16.7 Å². The Labute approximate surface area is 168 Å². The SMILES string of the molecule is Cc1cccc(C(=O)Nc2ccc(N3S(=O)(=O)c4ccccc4S3(=O)=O)cc2)c1. The molecule has 0 radical (unpaired) electrons. The zero-order chi connectivity index (χ0) is 20.8. The number of fused-ring (bicyclic) bond motifs is 1. The number of hydrogen-bond acceptors (Lipinski definition) is 5. The Hall–Kier alpha value is -3.17. The molecule has 4 rings (SSSR count). The Balaban J connectivity index is 1.64. The third-order valence-corrected chi connectivity index (χ3v) is 8.88. The quantitative estimate of drug-likeness (QED) is 0.691. The molecule has 1 aliphatic rings. The van der Waals surface area contributed by atoms with Crippen molar-refractivity contribution in [1.29, 1.82) is 0 Å². The first-order valence-electron chi connectivity index (χ1n) is 8.59. The smallest absolute Gasteiger partial charge is 0.279 e. The zero-order valence-corrected chi connectivity index (χ0v) is 16.9. The summed E-state index contributed by atoms with van der Waals surface area (Å²) in [5.74, 6) is -0.324. The molecule has 9 heteroatoms. The molecule has 0 atom stereocenters. The van der Waals surface area contributed by atoms with Gasteiger partial charge in [0.25, 0.3) is 26.0 Å². The first-order chi connectivity index (χ1) is 13.7. The van der Waals surface area contributed by atoms with Crippen molar-refractivity contribution in [3.63, 3.8) is 0 Å². The number of nitrogens with zero attached hydrogens (tertiary/aromatic N) is 1. The van der Waals surface area contributed by atoms with Crippen molar-refractivity contribution >= 4 is 37.3 Å². The van der Waals surface area contributed by atoms with E-state index in [4.69, 9.17) is 0 Å². The number of nitrogens with one attached hydrogen (secondary N) is 1. The van der Waals surface area contributed by atoms with Crippen molar-refractivity contribution in [1.82, 2.24) is 0 Å². The molecule has 29 heavy (non-hydrogen) atoms. The molecular weight excluding hydrogens is 412 g/mol. The Bertz CT molecular complexity index is 1280. The minimum absolute atomic E-state index is 0.0326. The van der Waals surface area contributed by atoms with Gasteiger partial charge in [-0.1, -0.05) is 29.8 Å². The van der Waals surface area contributed by atoms with Crippen LogP contribution >= 0.6 is 0 Å². The second-order valence-corrected chi connectivity index (χ2v) is 10.3. The monoisotopic (exact) mass is 428 g/mol. The lowest BCUT2D eigenvalue weighted by Crippen LogP contribution is -2.30. The fourth-order valence-corrected chi connectivity index (χ4v) is 7.57. The Morgan fingerprint density at radius 1 is 0.793 bits per heavy atom. The van der Waals surface area contributed by atoms with Gasteiger partial charge in [0, 0.05) is 11.3 Å². The number of sulfonamides is 2. The minimum atomic E-state index is -4.23. The molecule has 3 aromatic rings. The third-order valence-electron chi connectivity index (χ3n) is 4.46. The summed E-state index contributed by atoms with van der Waals surface area (Å²) >= 11 is 0. The van der Waals surface area contributed by atoms with Crippen LogP contribution in [0.25, 0.3) is 0 Å². The van der Waals surface area contributed by atoms with Gasteiger partial charge in [0.05, 0.1) is 5.69 Å². The van der Waals surface area contributed by atoms with E-state index in [2.05, 4.69) is 5.32 Å². The van der Waals surface area contributed by atoms with Crippen LogP contribution in [0, 0.1) is 6.92 Å². The minimum Gasteiger partial charge on any atom is -0.322 e. The average molecular weight is 428 g/mol. The van der Waals surface area contributed by atoms with Crippen LogP contribution in [0.2, 0.25) is 0 Å². The van der Waals surface area contributed by atoms with Gasteiger partial charge in [-0.25, -0.2) is 0 Å². The second kappa shape index (κ2) is 6.71. The van der Waals surface area contributed by atoms with Gasteiger partial charge in [-0.3, -0.25) is 4.79 Å². The summed E-state index contributed by atoms with van der Waals surface area (Å²) in [5.41, 5.74) is 1.80. The van der Waals surface area contributed by atoms with Crippen LogP contribution in [0.5, 0.6) is 0 Å². The summed E-state index contributed by atoms with van der Waals surface area (Å²) in [4.78, 5) is 11.8. The van der Waals surface area contributed by atoms with Gasteiger partial charge < -0.3 is 5.32 Å². The van der Waals surface area contributed by atoms with Crippen LogP contribution in [0.4, 0.5) is 11.4 Å². The lowest BCUT2D eigenvalue weighted by molar-refractivity contribution is 0.102. The molecule has 0 spiro atoms. The van der Waals surface area contributed by atoms with Gasteiger partial charge in [0.1, 0.15) is 9.79 Å². The molecule has 0 aromatic heterocycles. The molecule has 0 aliphatic carbocycles. The molecule has 1 N–H and O–H groups in total. The first kappa shape index (κ1) is 19.2. The second-order valence-electron chi connectivity index (χ2n) is 6.52. The number of hydrogen-bond donors (Lipinski definition) is 1. The molecule has 1 aliphatic heterocycles. The van der Waals surface area contributed by atoms with Crippen LogP contribution in [-0.4, -0.2) is 22.7 Å². The van der Waals surface area contributed by atoms with Crippen molar-refractivity contribution in [3.8, 4) is 0 Å². The molecular formula is C20H16N2O5S2. The van der Waals surface area contributed by atoms with E-state index in [1.54, 1.807) is 18.2 Å². The van der Waals surface area contributed by atoms with E-state index in [1.165, 1.54) is 48.5 Å². The van der Waals surface area contributed by atoms with Gasteiger partial charge in [0.15, 0.2) is 0 Å². The largest absolute Gasteiger partial charge is 0.322 e. The number of amides is 1. The number of carbonyl (C=O) groups excluding carboxylic acids is 1. The number of carbonyl (C=O) groups is 1. The number of anilines is 2. The molecule has 1 amide bonds. The van der Waals surface area contributed by atoms with Gasteiger partial charge in [-0.15, -0.1) is 0 Å². The topological polar surface area (TPSA) is 101 Å². The van der Waals surface area contributed by atoms with Crippen LogP contribution < -0.4 is 9.03 Å². The fourth-order valence-electron chi connectivity index (χ4n) is 3.12. The molecule has 0 saturated carbocycles. The maximum absolute atomic E-state index is 12.8. The summed E-state index contributed by atoms with van der Waals surface area (Å²) in [6, 6.07) is 18.1. The maximum Gasteiger partial charge on any atom is 0.279 e. The number of aryl methyl sites for hydroxylation is 1. The van der Waals surface area contributed by atoms with Gasteiger partial charge >= 0.3 is 0 Å². The lowest BCUT2D eigenvalue weighted by Gasteiger charge is -2.16. The van der Waals surface area contributed by atoms with E-state index in [-0.39, 0.29) is 21.4 Å². The van der Waals surface area contributed by atoms with Crippen molar-refractivity contribution in [3.05, 3.63) is 83.9 Å². The fraction of sp³-hybridized carbons (Fsp3) is 0.0500. The summed E-state index contributed by atoms with van der Waals surface area (Å²) in [5, 5.41) is 2.71. The highest BCUT2D eigenvalue weighted by Crippen LogP contribution is 2.40. The highest BCUT2D eigenvalue weighted by atomic mass is 32.3. The standard InChI is InChI=1S/C20H16N2O5S2/c1-14-5-4-6-15(13-14)20(23)21-16-9-11-17(12-10-16)22-28(24,25)18-7-2-3-8-19(18)29(22,26)27/h2-13H,1H3,(H,21,23). The molecule has 0 fully saturated rings. The number of benzene rings is 3. The van der Waals surface area contributed by atoms with Crippen molar-refractivity contribution < 1.29 is 21.6 Å². The van der Waals surface area contributed by atoms with E-state index < -0.39 is 20.0 Å². The Morgan fingerprint density at radius 3 is 1.93 bits per heavy atom. The summed E-state index contributed by atoms with van der Waals surface area (Å²) in [7, 11) is -8.47. The maximum atomic E-state index is 12.8. The van der Waals surface area contributed by atoms with E-state index in [0.29, 0.717) is 15.0 Å². The highest BCUT2D eigenvalue weighted by molar-refractivity contribution is 8.12. The van der Waals surface area contributed by atoms with Gasteiger partial charge in [-0.05, 0) is 55.5 Å². The Kier molecular flexibility index (Phi) is 4.44. The average Bonchev–Trinajstić information content (AvgIpc) is 2.85. The normalized spacial score (nSPS) is 16.2. The van der Waals surface area contributed by atoms with Gasteiger partial charge in [0.2, 0.25) is 0 Å². The van der Waals surface area contributed by atoms with Crippen molar-refractivity contribution in [2.75, 3.05) is 9.03 Å². The van der Waals surface area contributed by atoms with Crippen LogP contribution in [0.15, 0.2) is 82.6 Å². The molecule has 7 nitrogen and oxygen atoms in total. The molecule has 0 bridgehead atoms. The molecule has 0 unspecified atom stereocenters. The predicted octanol–water partition coefficient (Wildman–Crippen LogP) is 3.14. The summed E-state index contributed by atoms with van der Waals surface area (Å²) in [6.07, 6.45) is 0. The lowest BCUT2D eigenvalue weighted by atomic mass is 10.1. The van der Waals surface area contributed by atoms with Crippen LogP contribution in [-0.2, 0) is 20.0 Å². The molecule has 0 saturated heterocycles. The summed E-state index contributed by atoms with van der Waals surface area (Å²) < 4.78 is 51.4. The zero-order valence-electron chi connectivity index (χ0n) is 15.2. The molecule has 3 aromatic carbocycles. The highest BCUT2D eigenvalue weighted by Gasteiger charge is 2.47. The van der Waals surface area contributed by atoms with Crippen LogP contribution in [0.3, 0.4) is 0 Å². The van der Waals surface area contributed by atoms with Crippen molar-refractivity contribution in [2.24, 2.45) is 0 Å². The van der Waals surface area contributed by atoms with E-state index in [1.807, 2.05) is 13.0 Å². The summed E-state index contributed by atoms with van der Waals surface area (Å²) in [6.45, 7) is 1.88. The third kappa shape index (κ3) is 3.18. The Morgan fingerprint density at radius 2 is 1.38 bits per heavy atom. The first-order valence-corrected chi connectivity index (χ1v) is 11.5. The predicted molar refractivity (Wildman–Crippen MR) is 109 cm³/mol. The number of rotatable bonds is 3. The van der Waals surface area contributed by atoms with Crippen LogP contribution in [0.1, 0.15) is 15.9 Å². The van der Waals surface area contributed by atoms with Gasteiger partial charge in [-0.2, -0.15) is 20.5 Å². The molecule has 148 valence electrons. The molecule has 1 heterocycles. The van der Waals surface area contributed by atoms with E-state index in [0.717, 1.165) is 5.56 Å². The van der Waals surface area contributed by atoms with E-state index in [9.17, 15) is 21.6 Å².